The van der Waals surface area contributed by atoms with Crippen LogP contribution in [0.25, 0.3) is 0 Å². The van der Waals surface area contributed by atoms with Crippen LogP contribution in [0.15, 0.2) is 24.3 Å². The summed E-state index contributed by atoms with van der Waals surface area (Å²) in [5.74, 6) is -0.268. The van der Waals surface area contributed by atoms with Gasteiger partial charge in [0, 0.05) is 17.8 Å². The van der Waals surface area contributed by atoms with Crippen molar-refractivity contribution < 1.29 is 19.1 Å². The summed E-state index contributed by atoms with van der Waals surface area (Å²) >= 11 is 0. The summed E-state index contributed by atoms with van der Waals surface area (Å²) in [7, 11) is 0. The third-order valence-corrected chi connectivity index (χ3v) is 3.40. The lowest BCUT2D eigenvalue weighted by Gasteiger charge is -2.23. The average Bonchev–Trinajstić information content (AvgIpc) is 3.03. The van der Waals surface area contributed by atoms with E-state index in [1.165, 1.54) is 0 Å². The first kappa shape index (κ1) is 14.0. The van der Waals surface area contributed by atoms with Crippen molar-refractivity contribution in [1.29, 1.82) is 0 Å². The number of amides is 2. The molecule has 0 radical (unpaired) electrons. The van der Waals surface area contributed by atoms with Gasteiger partial charge in [0.05, 0.1) is 19.8 Å². The van der Waals surface area contributed by atoms with Gasteiger partial charge >= 0.3 is 0 Å². The Morgan fingerprint density at radius 1 is 1.19 bits per heavy atom. The highest BCUT2D eigenvalue weighted by molar-refractivity contribution is 5.96. The number of carbonyl (C=O) groups is 2. The van der Waals surface area contributed by atoms with E-state index in [0.29, 0.717) is 25.4 Å². The molecule has 112 valence electrons. The van der Waals surface area contributed by atoms with E-state index in [1.54, 1.807) is 12.1 Å². The van der Waals surface area contributed by atoms with Gasteiger partial charge in [-0.15, -0.1) is 0 Å². The highest BCUT2D eigenvalue weighted by atomic mass is 16.7. The van der Waals surface area contributed by atoms with Crippen molar-refractivity contribution >= 4 is 17.5 Å². The fourth-order valence-corrected chi connectivity index (χ4v) is 2.26. The molecule has 2 saturated heterocycles. The van der Waals surface area contributed by atoms with Crippen LogP contribution in [0.2, 0.25) is 0 Å². The number of nitrogens with one attached hydrogen (secondary N) is 3. The average molecular weight is 291 g/mol. The molecule has 0 bridgehead atoms. The molecular formula is C14H17N3O4. The van der Waals surface area contributed by atoms with Gasteiger partial charge in [-0.05, 0) is 12.1 Å². The number of ether oxygens (including phenoxy) is 2. The van der Waals surface area contributed by atoms with Gasteiger partial charge in [-0.3, -0.25) is 14.9 Å². The van der Waals surface area contributed by atoms with E-state index < -0.39 is 6.04 Å². The molecule has 3 rings (SSSR count). The molecule has 0 aliphatic carbocycles. The maximum absolute atomic E-state index is 12.0. The minimum atomic E-state index is -0.413. The summed E-state index contributed by atoms with van der Waals surface area (Å²) in [6.07, 6.45) is -0.315. The quantitative estimate of drug-likeness (QED) is 0.715. The van der Waals surface area contributed by atoms with E-state index in [4.69, 9.17) is 9.47 Å². The van der Waals surface area contributed by atoms with Crippen LogP contribution >= 0.6 is 0 Å². The molecule has 2 amide bonds. The zero-order valence-corrected chi connectivity index (χ0v) is 11.4. The van der Waals surface area contributed by atoms with Crippen molar-refractivity contribution in [2.45, 2.75) is 12.3 Å². The molecule has 7 heteroatoms. The molecule has 2 fully saturated rings. The van der Waals surface area contributed by atoms with Gasteiger partial charge < -0.3 is 20.1 Å². The minimum absolute atomic E-state index is 0.0973. The van der Waals surface area contributed by atoms with Gasteiger partial charge in [0.25, 0.3) is 0 Å². The summed E-state index contributed by atoms with van der Waals surface area (Å²) in [5, 5.41) is 8.34. The normalized spacial score (nSPS) is 22.9. The Kier molecular flexibility index (Phi) is 4.14. The first-order valence-electron chi connectivity index (χ1n) is 6.86. The van der Waals surface area contributed by atoms with Crippen molar-refractivity contribution in [3.63, 3.8) is 0 Å². The largest absolute Gasteiger partial charge is 0.353 e. The van der Waals surface area contributed by atoms with Crippen LogP contribution in [-0.2, 0) is 19.1 Å². The molecule has 1 unspecified atom stereocenters. The lowest BCUT2D eigenvalue weighted by Crippen LogP contribution is -2.56. The molecule has 2 aliphatic heterocycles. The van der Waals surface area contributed by atoms with E-state index in [0.717, 1.165) is 5.56 Å². The number of hydrogen-bond donors (Lipinski definition) is 3. The Labute approximate surface area is 122 Å². The van der Waals surface area contributed by atoms with E-state index in [1.807, 2.05) is 12.1 Å². The van der Waals surface area contributed by atoms with Crippen molar-refractivity contribution in [2.75, 3.05) is 31.6 Å². The van der Waals surface area contributed by atoms with Crippen molar-refractivity contribution in [3.05, 3.63) is 29.8 Å². The second-order valence-electron chi connectivity index (χ2n) is 4.92. The highest BCUT2D eigenvalue weighted by Gasteiger charge is 2.24. The van der Waals surface area contributed by atoms with Gasteiger partial charge in [-0.1, -0.05) is 12.1 Å². The molecule has 1 aromatic rings. The summed E-state index contributed by atoms with van der Waals surface area (Å²) in [4.78, 5) is 23.1. The first-order chi connectivity index (χ1) is 10.2. The second kappa shape index (κ2) is 6.21. The summed E-state index contributed by atoms with van der Waals surface area (Å²) in [5.41, 5.74) is 1.62. The van der Waals surface area contributed by atoms with Crippen LogP contribution < -0.4 is 16.0 Å². The molecule has 1 aromatic carbocycles. The molecule has 1 atom stereocenters. The van der Waals surface area contributed by atoms with Gasteiger partial charge in [0.1, 0.15) is 6.04 Å². The zero-order chi connectivity index (χ0) is 14.7. The Morgan fingerprint density at radius 3 is 2.52 bits per heavy atom. The highest BCUT2D eigenvalue weighted by Crippen LogP contribution is 2.24. The number of benzene rings is 1. The summed E-state index contributed by atoms with van der Waals surface area (Å²) in [6.45, 7) is 1.66. The fourth-order valence-electron chi connectivity index (χ4n) is 2.26. The molecule has 2 aliphatic rings. The van der Waals surface area contributed by atoms with Crippen LogP contribution in [0.4, 0.5) is 5.69 Å². The SMILES string of the molecule is O=C1CNC(C(=O)Nc2ccc(C3OCCO3)cc2)CN1. The van der Waals surface area contributed by atoms with Crippen LogP contribution in [0.3, 0.4) is 0 Å². The third kappa shape index (κ3) is 3.38. The van der Waals surface area contributed by atoms with Crippen LogP contribution in [-0.4, -0.2) is 44.2 Å². The van der Waals surface area contributed by atoms with E-state index in [9.17, 15) is 9.59 Å². The van der Waals surface area contributed by atoms with E-state index >= 15 is 0 Å². The maximum Gasteiger partial charge on any atom is 0.243 e. The smallest absolute Gasteiger partial charge is 0.243 e. The Bertz CT molecular complexity index is 516. The molecule has 0 spiro atoms. The first-order valence-corrected chi connectivity index (χ1v) is 6.86. The van der Waals surface area contributed by atoms with E-state index in [2.05, 4.69) is 16.0 Å². The topological polar surface area (TPSA) is 88.7 Å². The standard InChI is InChI=1S/C14H17N3O4/c18-12-8-15-11(7-16-12)13(19)17-10-3-1-9(2-4-10)14-20-5-6-21-14/h1-4,11,14-15H,5-8H2,(H,16,18)(H,17,19). The number of piperazine rings is 1. The monoisotopic (exact) mass is 291 g/mol. The van der Waals surface area contributed by atoms with Crippen LogP contribution in [0.1, 0.15) is 11.9 Å². The predicted molar refractivity (Wildman–Crippen MR) is 74.5 cm³/mol. The van der Waals surface area contributed by atoms with E-state index in [-0.39, 0.29) is 24.6 Å². The summed E-state index contributed by atoms with van der Waals surface area (Å²) < 4.78 is 10.8. The Morgan fingerprint density at radius 2 is 1.90 bits per heavy atom. The number of carbonyl (C=O) groups excluding carboxylic acids is 2. The molecular weight excluding hydrogens is 274 g/mol. The fraction of sp³-hybridized carbons (Fsp3) is 0.429. The molecule has 2 heterocycles. The molecule has 0 saturated carbocycles. The van der Waals surface area contributed by atoms with Crippen molar-refractivity contribution in [1.82, 2.24) is 10.6 Å². The molecule has 0 aromatic heterocycles. The molecule has 21 heavy (non-hydrogen) atoms. The van der Waals surface area contributed by atoms with Crippen LogP contribution in [0, 0.1) is 0 Å². The maximum atomic E-state index is 12.0. The third-order valence-electron chi connectivity index (χ3n) is 3.40. The number of hydrogen-bond acceptors (Lipinski definition) is 5. The summed E-state index contributed by atoms with van der Waals surface area (Å²) in [6, 6.07) is 6.92. The van der Waals surface area contributed by atoms with Gasteiger partial charge in [-0.2, -0.15) is 0 Å². The van der Waals surface area contributed by atoms with Crippen molar-refractivity contribution in [2.24, 2.45) is 0 Å². The molecule has 7 nitrogen and oxygen atoms in total. The van der Waals surface area contributed by atoms with Gasteiger partial charge in [-0.25, -0.2) is 0 Å². The lowest BCUT2D eigenvalue weighted by molar-refractivity contribution is -0.124. The Hall–Kier alpha value is -1.96. The minimum Gasteiger partial charge on any atom is -0.353 e. The zero-order valence-electron chi connectivity index (χ0n) is 11.4. The molecule has 3 N–H and O–H groups in total. The lowest BCUT2D eigenvalue weighted by atomic mass is 10.1. The number of rotatable bonds is 3. The number of anilines is 1. The van der Waals surface area contributed by atoms with Gasteiger partial charge in [0.15, 0.2) is 6.29 Å². The van der Waals surface area contributed by atoms with Gasteiger partial charge in [0.2, 0.25) is 11.8 Å². The Balaban J connectivity index is 1.57. The second-order valence-corrected chi connectivity index (χ2v) is 4.92. The van der Waals surface area contributed by atoms with Crippen LogP contribution in [0.5, 0.6) is 0 Å². The predicted octanol–water partition coefficient (Wildman–Crippen LogP) is -0.241. The van der Waals surface area contributed by atoms with Crippen molar-refractivity contribution in [3.8, 4) is 0 Å².